The number of aromatic nitrogens is 4. The Morgan fingerprint density at radius 1 is 0.621 bits per heavy atom. The van der Waals surface area contributed by atoms with Crippen LogP contribution < -0.4 is 0 Å². The number of aromatic amines is 2. The lowest BCUT2D eigenvalue weighted by Gasteiger charge is -2.02. The van der Waals surface area contributed by atoms with E-state index in [1.165, 1.54) is 11.1 Å². The first-order chi connectivity index (χ1) is 14.2. The van der Waals surface area contributed by atoms with Gasteiger partial charge in [0, 0.05) is 0 Å². The monoisotopic (exact) mass is 384 g/mol. The molecule has 0 amide bonds. The molecule has 5 aromatic rings. The van der Waals surface area contributed by atoms with E-state index in [0.717, 1.165) is 40.1 Å². The predicted octanol–water partition coefficient (Wildman–Crippen LogP) is 6.36. The normalized spacial score (nSPS) is 10.2. The number of imidazole rings is 2. The summed E-state index contributed by atoms with van der Waals surface area (Å²) in [5, 5.41) is 0. The standard InChI is InChI=1S/C17H16N4.C6H6.C2H6/c1-10-18-14-5-3-12(8-16(14)20-10)7-13-4-6-15-17(9-13)21-11(2)19-15;1-2-4-6-5-3-1;1-2/h3-6,8-9H,7H2,1-2H3,(H,18,20)(H,19,21);1-6H;1-2H3. The molecule has 4 nitrogen and oxygen atoms in total. The molecule has 4 heteroatoms. The fraction of sp³-hybridized carbons (Fsp3) is 0.200. The molecule has 2 aromatic heterocycles. The van der Waals surface area contributed by atoms with Crippen LogP contribution in [0.15, 0.2) is 72.8 Å². The number of nitrogens with one attached hydrogen (secondary N) is 2. The zero-order valence-electron chi connectivity index (χ0n) is 17.5. The van der Waals surface area contributed by atoms with Gasteiger partial charge in [-0.05, 0) is 55.7 Å². The van der Waals surface area contributed by atoms with Crippen LogP contribution in [0.4, 0.5) is 0 Å². The Hall–Kier alpha value is -3.40. The molecular formula is C25H28N4. The zero-order chi connectivity index (χ0) is 20.6. The average Bonchev–Trinajstić information content (AvgIpc) is 3.31. The van der Waals surface area contributed by atoms with Gasteiger partial charge >= 0.3 is 0 Å². The highest BCUT2D eigenvalue weighted by atomic mass is 14.9. The predicted molar refractivity (Wildman–Crippen MR) is 122 cm³/mol. The molecule has 0 unspecified atom stereocenters. The second kappa shape index (κ2) is 9.69. The Bertz CT molecular complexity index is 1060. The van der Waals surface area contributed by atoms with Gasteiger partial charge in [-0.2, -0.15) is 0 Å². The molecule has 2 heterocycles. The molecule has 29 heavy (non-hydrogen) atoms. The van der Waals surface area contributed by atoms with Gasteiger partial charge in [0.05, 0.1) is 22.1 Å². The number of fused-ring (bicyclic) bond motifs is 2. The van der Waals surface area contributed by atoms with Crippen molar-refractivity contribution in [2.24, 2.45) is 0 Å². The molecule has 0 fully saturated rings. The Balaban J connectivity index is 0.000000256. The molecule has 0 aliphatic heterocycles. The first kappa shape index (κ1) is 20.3. The van der Waals surface area contributed by atoms with Crippen LogP contribution in [0, 0.1) is 13.8 Å². The Morgan fingerprint density at radius 3 is 1.38 bits per heavy atom. The molecule has 0 bridgehead atoms. The van der Waals surface area contributed by atoms with Gasteiger partial charge in [-0.3, -0.25) is 0 Å². The molecular weight excluding hydrogens is 356 g/mol. The summed E-state index contributed by atoms with van der Waals surface area (Å²) in [6.45, 7) is 7.96. The number of hydrogen-bond acceptors (Lipinski definition) is 2. The summed E-state index contributed by atoms with van der Waals surface area (Å²) in [5.41, 5.74) is 6.81. The number of benzene rings is 3. The third kappa shape index (κ3) is 5.32. The van der Waals surface area contributed by atoms with Crippen LogP contribution in [0.1, 0.15) is 36.6 Å². The maximum atomic E-state index is 4.44. The van der Waals surface area contributed by atoms with Gasteiger partial charge in [0.2, 0.25) is 0 Å². The molecule has 0 radical (unpaired) electrons. The molecule has 0 spiro atoms. The number of rotatable bonds is 2. The van der Waals surface area contributed by atoms with Crippen molar-refractivity contribution in [1.82, 2.24) is 19.9 Å². The minimum atomic E-state index is 0.905. The van der Waals surface area contributed by atoms with E-state index in [4.69, 9.17) is 0 Å². The van der Waals surface area contributed by atoms with Gasteiger partial charge in [-0.1, -0.05) is 62.4 Å². The average molecular weight is 385 g/mol. The van der Waals surface area contributed by atoms with Crippen LogP contribution in [-0.4, -0.2) is 19.9 Å². The summed E-state index contributed by atoms with van der Waals surface area (Å²) in [4.78, 5) is 15.5. The van der Waals surface area contributed by atoms with E-state index in [9.17, 15) is 0 Å². The minimum Gasteiger partial charge on any atom is -0.342 e. The van der Waals surface area contributed by atoms with Crippen LogP contribution in [0.3, 0.4) is 0 Å². The van der Waals surface area contributed by atoms with E-state index in [0.29, 0.717) is 0 Å². The van der Waals surface area contributed by atoms with Gasteiger partial charge in [-0.15, -0.1) is 0 Å². The summed E-state index contributed by atoms with van der Waals surface area (Å²) in [6, 6.07) is 24.8. The minimum absolute atomic E-state index is 0.905. The quantitative estimate of drug-likeness (QED) is 0.372. The molecule has 0 saturated heterocycles. The Labute approximate surface area is 172 Å². The first-order valence-electron chi connectivity index (χ1n) is 10.1. The Morgan fingerprint density at radius 2 is 1.00 bits per heavy atom. The number of nitrogens with zero attached hydrogens (tertiary/aromatic N) is 2. The maximum absolute atomic E-state index is 4.44. The molecule has 0 atom stereocenters. The van der Waals surface area contributed by atoms with Crippen LogP contribution in [-0.2, 0) is 6.42 Å². The van der Waals surface area contributed by atoms with Crippen LogP contribution >= 0.6 is 0 Å². The van der Waals surface area contributed by atoms with Crippen molar-refractivity contribution in [3.05, 3.63) is 95.6 Å². The van der Waals surface area contributed by atoms with Crippen molar-refractivity contribution in [3.8, 4) is 0 Å². The van der Waals surface area contributed by atoms with Crippen LogP contribution in [0.2, 0.25) is 0 Å². The van der Waals surface area contributed by atoms with Crippen molar-refractivity contribution in [2.75, 3.05) is 0 Å². The van der Waals surface area contributed by atoms with Gasteiger partial charge < -0.3 is 9.97 Å². The fourth-order valence-electron chi connectivity index (χ4n) is 3.21. The summed E-state index contributed by atoms with van der Waals surface area (Å²) in [5.74, 6) is 1.91. The largest absolute Gasteiger partial charge is 0.342 e. The molecule has 5 rings (SSSR count). The second-order valence-corrected chi connectivity index (χ2v) is 6.68. The molecule has 0 aliphatic carbocycles. The summed E-state index contributed by atoms with van der Waals surface area (Å²) in [7, 11) is 0. The molecule has 0 saturated carbocycles. The molecule has 2 N–H and O–H groups in total. The first-order valence-corrected chi connectivity index (χ1v) is 10.1. The highest BCUT2D eigenvalue weighted by Gasteiger charge is 2.04. The molecule has 148 valence electrons. The number of hydrogen-bond donors (Lipinski definition) is 2. The van der Waals surface area contributed by atoms with E-state index >= 15 is 0 Å². The third-order valence-electron chi connectivity index (χ3n) is 4.40. The van der Waals surface area contributed by atoms with Gasteiger partial charge in [0.1, 0.15) is 11.6 Å². The van der Waals surface area contributed by atoms with Crippen LogP contribution in [0.5, 0.6) is 0 Å². The lowest BCUT2D eigenvalue weighted by atomic mass is 10.0. The molecule has 0 aliphatic rings. The highest BCUT2D eigenvalue weighted by Crippen LogP contribution is 2.19. The van der Waals surface area contributed by atoms with Crippen LogP contribution in [0.25, 0.3) is 22.1 Å². The SMILES string of the molecule is CC.Cc1nc2ccc(Cc3ccc4nc(C)[nH]c4c3)cc2[nH]1.c1ccccc1. The van der Waals surface area contributed by atoms with Crippen molar-refractivity contribution in [1.29, 1.82) is 0 Å². The van der Waals surface area contributed by atoms with E-state index in [2.05, 4.69) is 56.3 Å². The van der Waals surface area contributed by atoms with Crippen molar-refractivity contribution >= 4 is 22.1 Å². The topological polar surface area (TPSA) is 57.4 Å². The van der Waals surface area contributed by atoms with Gasteiger partial charge in [0.25, 0.3) is 0 Å². The van der Waals surface area contributed by atoms with Gasteiger partial charge in [-0.25, -0.2) is 9.97 Å². The van der Waals surface area contributed by atoms with E-state index in [-0.39, 0.29) is 0 Å². The van der Waals surface area contributed by atoms with Crippen molar-refractivity contribution < 1.29 is 0 Å². The highest BCUT2D eigenvalue weighted by molar-refractivity contribution is 5.77. The summed E-state index contributed by atoms with van der Waals surface area (Å²) >= 11 is 0. The lowest BCUT2D eigenvalue weighted by Crippen LogP contribution is -1.88. The maximum Gasteiger partial charge on any atom is 0.104 e. The van der Waals surface area contributed by atoms with Crippen molar-refractivity contribution in [3.63, 3.8) is 0 Å². The van der Waals surface area contributed by atoms with E-state index < -0.39 is 0 Å². The number of aryl methyl sites for hydroxylation is 2. The number of H-pyrrole nitrogens is 2. The third-order valence-corrected chi connectivity index (χ3v) is 4.40. The second-order valence-electron chi connectivity index (χ2n) is 6.68. The summed E-state index contributed by atoms with van der Waals surface area (Å²) < 4.78 is 0. The summed E-state index contributed by atoms with van der Waals surface area (Å²) in [6.07, 6.45) is 0.905. The van der Waals surface area contributed by atoms with Gasteiger partial charge in [0.15, 0.2) is 0 Å². The lowest BCUT2D eigenvalue weighted by molar-refractivity contribution is 1.17. The molecule has 3 aromatic carbocycles. The zero-order valence-corrected chi connectivity index (χ0v) is 17.5. The van der Waals surface area contributed by atoms with Crippen molar-refractivity contribution in [2.45, 2.75) is 34.1 Å². The smallest absolute Gasteiger partial charge is 0.104 e. The Kier molecular flexibility index (Phi) is 6.80. The van der Waals surface area contributed by atoms with E-state index in [1.807, 2.05) is 64.1 Å². The fourth-order valence-corrected chi connectivity index (χ4v) is 3.21. The van der Waals surface area contributed by atoms with E-state index in [1.54, 1.807) is 0 Å².